The highest BCUT2D eigenvalue weighted by molar-refractivity contribution is 9.10. The summed E-state index contributed by atoms with van der Waals surface area (Å²) in [7, 11) is 0. The molecule has 0 saturated heterocycles. The second-order valence-electron chi connectivity index (χ2n) is 4.94. The largest absolute Gasteiger partial charge is 0.507 e. The zero-order valence-electron chi connectivity index (χ0n) is 10.5. The summed E-state index contributed by atoms with van der Waals surface area (Å²) in [4.78, 5) is 12.2. The minimum absolute atomic E-state index is 0.0911. The van der Waals surface area contributed by atoms with Gasteiger partial charge in [-0.1, -0.05) is 28.8 Å². The Kier molecular flexibility index (Phi) is 5.28. The Morgan fingerprint density at radius 3 is 2.79 bits per heavy atom. The molecule has 1 aliphatic rings. The summed E-state index contributed by atoms with van der Waals surface area (Å²) in [6.07, 6.45) is 4.59. The van der Waals surface area contributed by atoms with Crippen molar-refractivity contribution < 1.29 is 9.90 Å². The van der Waals surface area contributed by atoms with Gasteiger partial charge < -0.3 is 10.4 Å². The van der Waals surface area contributed by atoms with E-state index < -0.39 is 0 Å². The predicted molar refractivity (Wildman–Crippen MR) is 82.8 cm³/mol. The van der Waals surface area contributed by atoms with Gasteiger partial charge in [0, 0.05) is 16.9 Å². The van der Waals surface area contributed by atoms with Crippen LogP contribution in [-0.2, 0) is 0 Å². The molecular formula is C14H17Br2NO2. The quantitative estimate of drug-likeness (QED) is 0.770. The highest BCUT2D eigenvalue weighted by Crippen LogP contribution is 2.27. The summed E-state index contributed by atoms with van der Waals surface area (Å²) < 4.78 is 0.597. The van der Waals surface area contributed by atoms with E-state index in [-0.39, 0.29) is 17.7 Å². The molecule has 2 N–H and O–H groups in total. The van der Waals surface area contributed by atoms with Crippen LogP contribution >= 0.6 is 31.9 Å². The van der Waals surface area contributed by atoms with Crippen LogP contribution in [0.1, 0.15) is 36.0 Å². The molecule has 5 heteroatoms. The molecule has 0 aromatic heterocycles. The van der Waals surface area contributed by atoms with Gasteiger partial charge in [0.25, 0.3) is 5.91 Å². The van der Waals surface area contributed by atoms with Gasteiger partial charge >= 0.3 is 0 Å². The number of hydrogen-bond acceptors (Lipinski definition) is 2. The number of benzene rings is 1. The zero-order chi connectivity index (χ0) is 13.8. The number of nitrogens with one attached hydrogen (secondary N) is 1. The number of carbonyl (C=O) groups is 1. The van der Waals surface area contributed by atoms with Crippen LogP contribution in [0.2, 0.25) is 0 Å². The highest BCUT2D eigenvalue weighted by Gasteiger charge is 2.25. The Hall–Kier alpha value is -0.550. The number of carbonyl (C=O) groups excluding carboxylic acids is 1. The number of halogens is 2. The van der Waals surface area contributed by atoms with Crippen molar-refractivity contribution in [3.63, 3.8) is 0 Å². The van der Waals surface area contributed by atoms with E-state index in [1.165, 1.54) is 18.9 Å². The van der Waals surface area contributed by atoms with E-state index in [4.69, 9.17) is 0 Å². The first-order valence-corrected chi connectivity index (χ1v) is 8.38. The average Bonchev–Trinajstić information content (AvgIpc) is 2.42. The summed E-state index contributed by atoms with van der Waals surface area (Å²) in [5.41, 5.74) is 0.500. The Morgan fingerprint density at radius 2 is 2.11 bits per heavy atom. The predicted octanol–water partition coefficient (Wildman–Crippen LogP) is 3.84. The van der Waals surface area contributed by atoms with Crippen molar-refractivity contribution in [2.45, 2.75) is 31.7 Å². The third-order valence-corrected chi connectivity index (χ3v) is 5.13. The molecule has 1 saturated carbocycles. The first-order chi connectivity index (χ1) is 9.11. The molecule has 1 aromatic carbocycles. The topological polar surface area (TPSA) is 49.3 Å². The lowest BCUT2D eigenvalue weighted by atomic mass is 9.86. The monoisotopic (exact) mass is 389 g/mol. The zero-order valence-corrected chi connectivity index (χ0v) is 13.7. The molecule has 0 aliphatic heterocycles. The van der Waals surface area contributed by atoms with Crippen LogP contribution in [0.3, 0.4) is 0 Å². The number of alkyl halides is 1. The maximum Gasteiger partial charge on any atom is 0.251 e. The Labute approximate surface area is 130 Å². The van der Waals surface area contributed by atoms with Gasteiger partial charge in [0.05, 0.1) is 4.47 Å². The van der Waals surface area contributed by atoms with Gasteiger partial charge in [0.1, 0.15) is 5.75 Å². The van der Waals surface area contributed by atoms with Crippen molar-refractivity contribution in [2.24, 2.45) is 5.92 Å². The maximum atomic E-state index is 12.2. The molecule has 1 aromatic rings. The normalized spacial score (nSPS) is 23.1. The molecule has 0 radical (unpaired) electrons. The van der Waals surface area contributed by atoms with Gasteiger partial charge in [-0.15, -0.1) is 0 Å². The first-order valence-electron chi connectivity index (χ1n) is 6.47. The third-order valence-electron chi connectivity index (χ3n) is 3.63. The molecule has 0 spiro atoms. The molecular weight excluding hydrogens is 374 g/mol. The van der Waals surface area contributed by atoms with Crippen LogP contribution < -0.4 is 5.32 Å². The second kappa shape index (κ2) is 6.75. The van der Waals surface area contributed by atoms with E-state index in [1.807, 2.05) is 0 Å². The van der Waals surface area contributed by atoms with Crippen molar-refractivity contribution in [1.82, 2.24) is 5.32 Å². The molecule has 2 unspecified atom stereocenters. The SMILES string of the molecule is O=C(NC1CCCCC1CBr)c1ccc(Br)c(O)c1. The lowest BCUT2D eigenvalue weighted by molar-refractivity contribution is 0.0911. The molecule has 3 nitrogen and oxygen atoms in total. The maximum absolute atomic E-state index is 12.2. The number of aromatic hydroxyl groups is 1. The third kappa shape index (κ3) is 3.72. The summed E-state index contributed by atoms with van der Waals surface area (Å²) >= 11 is 6.73. The molecule has 0 heterocycles. The average molecular weight is 391 g/mol. The molecule has 1 aliphatic carbocycles. The van der Waals surface area contributed by atoms with Crippen LogP contribution in [0.15, 0.2) is 22.7 Å². The van der Waals surface area contributed by atoms with Gasteiger partial charge in [-0.05, 0) is 52.9 Å². The van der Waals surface area contributed by atoms with E-state index in [0.29, 0.717) is 16.0 Å². The summed E-state index contributed by atoms with van der Waals surface area (Å²) in [6.45, 7) is 0. The van der Waals surface area contributed by atoms with Crippen LogP contribution in [-0.4, -0.2) is 22.4 Å². The van der Waals surface area contributed by atoms with Crippen LogP contribution in [0.4, 0.5) is 0 Å². The van der Waals surface area contributed by atoms with Crippen molar-refractivity contribution in [2.75, 3.05) is 5.33 Å². The van der Waals surface area contributed by atoms with Crippen LogP contribution in [0.5, 0.6) is 5.75 Å². The van der Waals surface area contributed by atoms with Gasteiger partial charge in [-0.3, -0.25) is 4.79 Å². The number of rotatable bonds is 3. The summed E-state index contributed by atoms with van der Waals surface area (Å²) in [6, 6.07) is 5.12. The first kappa shape index (κ1) is 14.9. The molecule has 1 fully saturated rings. The van der Waals surface area contributed by atoms with Gasteiger partial charge in [0.2, 0.25) is 0 Å². The Morgan fingerprint density at radius 1 is 1.37 bits per heavy atom. The lowest BCUT2D eigenvalue weighted by Gasteiger charge is -2.31. The Bertz CT molecular complexity index is 465. The van der Waals surface area contributed by atoms with E-state index in [1.54, 1.807) is 12.1 Å². The van der Waals surface area contributed by atoms with E-state index in [2.05, 4.69) is 37.2 Å². The molecule has 2 rings (SSSR count). The van der Waals surface area contributed by atoms with Gasteiger partial charge in [-0.2, -0.15) is 0 Å². The standard InChI is InChI=1S/C14H17Br2NO2/c15-8-10-3-1-2-4-12(10)17-14(19)9-5-6-11(16)13(18)7-9/h5-7,10,12,18H,1-4,8H2,(H,17,19). The minimum Gasteiger partial charge on any atom is -0.507 e. The fourth-order valence-corrected chi connectivity index (χ4v) is 3.51. The van der Waals surface area contributed by atoms with E-state index >= 15 is 0 Å². The second-order valence-corrected chi connectivity index (χ2v) is 6.45. The summed E-state index contributed by atoms with van der Waals surface area (Å²) in [5.74, 6) is 0.482. The Balaban J connectivity index is 2.05. The van der Waals surface area contributed by atoms with Crippen molar-refractivity contribution >= 4 is 37.8 Å². The fraction of sp³-hybridized carbons (Fsp3) is 0.500. The number of hydrogen-bond donors (Lipinski definition) is 2. The smallest absolute Gasteiger partial charge is 0.251 e. The number of phenols is 1. The van der Waals surface area contributed by atoms with Crippen molar-refractivity contribution in [3.8, 4) is 5.75 Å². The molecule has 0 bridgehead atoms. The molecule has 1 amide bonds. The number of phenolic OH excluding ortho intramolecular Hbond substituents is 1. The van der Waals surface area contributed by atoms with Gasteiger partial charge in [-0.25, -0.2) is 0 Å². The lowest BCUT2D eigenvalue weighted by Crippen LogP contribution is -2.42. The minimum atomic E-state index is -0.111. The van der Waals surface area contributed by atoms with Crippen LogP contribution in [0.25, 0.3) is 0 Å². The van der Waals surface area contributed by atoms with E-state index in [0.717, 1.165) is 18.2 Å². The van der Waals surface area contributed by atoms with Crippen molar-refractivity contribution in [3.05, 3.63) is 28.2 Å². The number of amides is 1. The van der Waals surface area contributed by atoms with Crippen molar-refractivity contribution in [1.29, 1.82) is 0 Å². The highest BCUT2D eigenvalue weighted by atomic mass is 79.9. The molecule has 19 heavy (non-hydrogen) atoms. The molecule has 104 valence electrons. The van der Waals surface area contributed by atoms with Gasteiger partial charge in [0.15, 0.2) is 0 Å². The van der Waals surface area contributed by atoms with E-state index in [9.17, 15) is 9.90 Å². The molecule has 2 atom stereocenters. The fourth-order valence-electron chi connectivity index (χ4n) is 2.49. The van der Waals surface area contributed by atoms with Crippen LogP contribution in [0, 0.1) is 5.92 Å². The summed E-state index contributed by atoms with van der Waals surface area (Å²) in [5, 5.41) is 13.6.